The maximum absolute atomic E-state index is 13.1. The number of hydrogen-bond donors (Lipinski definition) is 1. The van der Waals surface area contributed by atoms with Crippen LogP contribution in [0.4, 0.5) is 4.39 Å². The molecule has 1 aliphatic heterocycles. The van der Waals surface area contributed by atoms with Crippen LogP contribution in [0, 0.1) is 11.7 Å². The molecule has 1 fully saturated rings. The van der Waals surface area contributed by atoms with Crippen molar-refractivity contribution >= 4 is 27.6 Å². The Morgan fingerprint density at radius 3 is 2.74 bits per heavy atom. The fraction of sp³-hybridized carbons (Fsp3) is 0.364. The standard InChI is InChI=1S/C11H11ClFNO4S/c12-9-2-1-8(13)5-10(9)19(17,18)14-4-3-7(6-14)11(15)16/h1-2,5,7H,3-4,6H2,(H,15,16). The third-order valence-corrected chi connectivity index (χ3v) is 5.36. The molecular weight excluding hydrogens is 297 g/mol. The number of carboxylic acids is 1. The van der Waals surface area contributed by atoms with Crippen LogP contribution < -0.4 is 0 Å². The average Bonchev–Trinajstić information content (AvgIpc) is 2.82. The van der Waals surface area contributed by atoms with E-state index in [-0.39, 0.29) is 29.4 Å². The Labute approximate surface area is 114 Å². The molecule has 1 heterocycles. The van der Waals surface area contributed by atoms with Crippen molar-refractivity contribution in [3.63, 3.8) is 0 Å². The Balaban J connectivity index is 2.33. The lowest BCUT2D eigenvalue weighted by Gasteiger charge is -2.16. The molecule has 1 atom stereocenters. The second-order valence-corrected chi connectivity index (χ2v) is 6.58. The van der Waals surface area contributed by atoms with Gasteiger partial charge in [-0.3, -0.25) is 4.79 Å². The molecule has 0 radical (unpaired) electrons. The Morgan fingerprint density at radius 2 is 2.16 bits per heavy atom. The molecule has 19 heavy (non-hydrogen) atoms. The predicted octanol–water partition coefficient (Wildman–Crippen LogP) is 1.57. The molecule has 1 aromatic carbocycles. The maximum atomic E-state index is 13.1. The minimum absolute atomic E-state index is 0.0832. The van der Waals surface area contributed by atoms with Crippen molar-refractivity contribution in [3.05, 3.63) is 29.0 Å². The zero-order chi connectivity index (χ0) is 14.2. The molecule has 0 bridgehead atoms. The normalized spacial score (nSPS) is 20.6. The fourth-order valence-electron chi connectivity index (χ4n) is 1.96. The number of halogens is 2. The lowest BCUT2D eigenvalue weighted by Crippen LogP contribution is -2.30. The Hall–Kier alpha value is -1.18. The van der Waals surface area contributed by atoms with Gasteiger partial charge in [-0.15, -0.1) is 0 Å². The van der Waals surface area contributed by atoms with Gasteiger partial charge in [0.05, 0.1) is 10.9 Å². The molecule has 1 saturated heterocycles. The first-order valence-corrected chi connectivity index (χ1v) is 7.32. The van der Waals surface area contributed by atoms with Crippen LogP contribution in [0.15, 0.2) is 23.1 Å². The monoisotopic (exact) mass is 307 g/mol. The number of nitrogens with zero attached hydrogens (tertiary/aromatic N) is 1. The highest BCUT2D eigenvalue weighted by Gasteiger charge is 2.36. The van der Waals surface area contributed by atoms with E-state index in [1.165, 1.54) is 0 Å². The van der Waals surface area contributed by atoms with E-state index >= 15 is 0 Å². The first-order valence-electron chi connectivity index (χ1n) is 5.50. The number of benzene rings is 1. The van der Waals surface area contributed by atoms with Gasteiger partial charge in [0.25, 0.3) is 0 Å². The summed E-state index contributed by atoms with van der Waals surface area (Å²) >= 11 is 5.77. The molecule has 1 N–H and O–H groups in total. The van der Waals surface area contributed by atoms with E-state index in [1.54, 1.807) is 0 Å². The molecule has 2 rings (SSSR count). The van der Waals surface area contributed by atoms with Gasteiger partial charge in [0.1, 0.15) is 10.7 Å². The Bertz CT molecular complexity index is 619. The Morgan fingerprint density at radius 1 is 1.47 bits per heavy atom. The molecule has 0 saturated carbocycles. The summed E-state index contributed by atoms with van der Waals surface area (Å²) in [4.78, 5) is 10.5. The molecule has 1 aromatic rings. The maximum Gasteiger partial charge on any atom is 0.307 e. The van der Waals surface area contributed by atoms with Crippen molar-refractivity contribution in [1.29, 1.82) is 0 Å². The van der Waals surface area contributed by atoms with Gasteiger partial charge in [-0.25, -0.2) is 12.8 Å². The zero-order valence-corrected chi connectivity index (χ0v) is 11.3. The van der Waals surface area contributed by atoms with Crippen LogP contribution in [0.2, 0.25) is 5.02 Å². The SMILES string of the molecule is O=C(O)C1CCN(S(=O)(=O)c2cc(F)ccc2Cl)C1. The van der Waals surface area contributed by atoms with Crippen LogP contribution in [-0.4, -0.2) is 36.9 Å². The summed E-state index contributed by atoms with van der Waals surface area (Å²) in [6.45, 7) is -0.0311. The third-order valence-electron chi connectivity index (χ3n) is 3.01. The topological polar surface area (TPSA) is 74.7 Å². The van der Waals surface area contributed by atoms with Gasteiger partial charge in [0.2, 0.25) is 10.0 Å². The van der Waals surface area contributed by atoms with Gasteiger partial charge in [0, 0.05) is 13.1 Å². The quantitative estimate of drug-likeness (QED) is 0.920. The summed E-state index contributed by atoms with van der Waals surface area (Å²) < 4.78 is 38.7. The largest absolute Gasteiger partial charge is 0.481 e. The van der Waals surface area contributed by atoms with Crippen LogP contribution in [0.1, 0.15) is 6.42 Å². The lowest BCUT2D eigenvalue weighted by molar-refractivity contribution is -0.141. The smallest absolute Gasteiger partial charge is 0.307 e. The van der Waals surface area contributed by atoms with Gasteiger partial charge in [0.15, 0.2) is 0 Å². The first kappa shape index (κ1) is 14.2. The highest BCUT2D eigenvalue weighted by Crippen LogP contribution is 2.29. The molecule has 0 aromatic heterocycles. The van der Waals surface area contributed by atoms with Crippen molar-refractivity contribution in [2.24, 2.45) is 5.92 Å². The summed E-state index contributed by atoms with van der Waals surface area (Å²) in [5.41, 5.74) is 0. The van der Waals surface area contributed by atoms with E-state index in [2.05, 4.69) is 0 Å². The molecule has 0 amide bonds. The van der Waals surface area contributed by atoms with Crippen LogP contribution in [-0.2, 0) is 14.8 Å². The summed E-state index contributed by atoms with van der Waals surface area (Å²) in [5, 5.41) is 8.78. The van der Waals surface area contributed by atoms with Crippen LogP contribution in [0.3, 0.4) is 0 Å². The summed E-state index contributed by atoms with van der Waals surface area (Å²) in [6, 6.07) is 3.06. The molecule has 8 heteroatoms. The second kappa shape index (κ2) is 5.07. The molecular formula is C11H11ClFNO4S. The van der Waals surface area contributed by atoms with Gasteiger partial charge in [-0.05, 0) is 24.6 Å². The van der Waals surface area contributed by atoms with Crippen LogP contribution in [0.25, 0.3) is 0 Å². The molecule has 1 aliphatic rings. The van der Waals surface area contributed by atoms with E-state index in [0.717, 1.165) is 22.5 Å². The van der Waals surface area contributed by atoms with E-state index in [4.69, 9.17) is 16.7 Å². The van der Waals surface area contributed by atoms with E-state index in [0.29, 0.717) is 0 Å². The Kier molecular flexibility index (Phi) is 3.80. The molecule has 1 unspecified atom stereocenters. The van der Waals surface area contributed by atoms with E-state index in [9.17, 15) is 17.6 Å². The van der Waals surface area contributed by atoms with E-state index < -0.39 is 27.7 Å². The molecule has 104 valence electrons. The molecule has 0 aliphatic carbocycles. The predicted molar refractivity (Wildman–Crippen MR) is 65.9 cm³/mol. The third kappa shape index (κ3) is 2.72. The summed E-state index contributed by atoms with van der Waals surface area (Å²) in [6.07, 6.45) is 0.238. The van der Waals surface area contributed by atoms with Crippen molar-refractivity contribution in [2.75, 3.05) is 13.1 Å². The highest BCUT2D eigenvalue weighted by atomic mass is 35.5. The zero-order valence-electron chi connectivity index (χ0n) is 9.71. The van der Waals surface area contributed by atoms with Gasteiger partial charge in [-0.2, -0.15) is 4.31 Å². The summed E-state index contributed by atoms with van der Waals surface area (Å²) in [7, 11) is -3.96. The van der Waals surface area contributed by atoms with Crippen molar-refractivity contribution in [2.45, 2.75) is 11.3 Å². The first-order chi connectivity index (χ1) is 8.82. The van der Waals surface area contributed by atoms with Crippen LogP contribution >= 0.6 is 11.6 Å². The van der Waals surface area contributed by atoms with Crippen molar-refractivity contribution in [1.82, 2.24) is 4.31 Å². The van der Waals surface area contributed by atoms with E-state index in [1.807, 2.05) is 0 Å². The number of aliphatic carboxylic acids is 1. The second-order valence-electron chi connectivity index (χ2n) is 4.26. The van der Waals surface area contributed by atoms with Gasteiger partial charge in [-0.1, -0.05) is 11.6 Å². The number of carboxylic acid groups (broad SMARTS) is 1. The number of rotatable bonds is 3. The minimum Gasteiger partial charge on any atom is -0.481 e. The summed E-state index contributed by atoms with van der Waals surface area (Å²) in [5.74, 6) is -2.48. The van der Waals surface area contributed by atoms with Crippen LogP contribution in [0.5, 0.6) is 0 Å². The lowest BCUT2D eigenvalue weighted by atomic mass is 10.1. The number of carbonyl (C=O) groups is 1. The van der Waals surface area contributed by atoms with Crippen molar-refractivity contribution in [3.8, 4) is 0 Å². The average molecular weight is 308 g/mol. The van der Waals surface area contributed by atoms with Gasteiger partial charge < -0.3 is 5.11 Å². The molecule has 5 nitrogen and oxygen atoms in total. The van der Waals surface area contributed by atoms with Crippen molar-refractivity contribution < 1.29 is 22.7 Å². The number of hydrogen-bond acceptors (Lipinski definition) is 3. The number of sulfonamides is 1. The van der Waals surface area contributed by atoms with Gasteiger partial charge >= 0.3 is 5.97 Å². The minimum atomic E-state index is -3.96. The highest BCUT2D eigenvalue weighted by molar-refractivity contribution is 7.89. The fourth-order valence-corrected chi connectivity index (χ4v) is 3.95. The molecule has 0 spiro atoms.